The SMILES string of the molecule is Cc1cccc(-c2n[nH]c(CCC(=O)O)n2)c1. The quantitative estimate of drug-likeness (QED) is 0.840. The molecule has 1 aromatic carbocycles. The Hall–Kier alpha value is -2.17. The monoisotopic (exact) mass is 231 g/mol. The summed E-state index contributed by atoms with van der Waals surface area (Å²) >= 11 is 0. The Bertz CT molecular complexity index is 534. The van der Waals surface area contributed by atoms with Crippen molar-refractivity contribution in [3.63, 3.8) is 0 Å². The number of aryl methyl sites for hydroxylation is 2. The average molecular weight is 231 g/mol. The van der Waals surface area contributed by atoms with Crippen LogP contribution in [-0.4, -0.2) is 26.3 Å². The maximum absolute atomic E-state index is 10.4. The zero-order valence-electron chi connectivity index (χ0n) is 9.47. The van der Waals surface area contributed by atoms with E-state index < -0.39 is 5.97 Å². The number of H-pyrrole nitrogens is 1. The molecule has 0 saturated carbocycles. The summed E-state index contributed by atoms with van der Waals surface area (Å²) < 4.78 is 0. The van der Waals surface area contributed by atoms with Crippen molar-refractivity contribution >= 4 is 5.97 Å². The highest BCUT2D eigenvalue weighted by Gasteiger charge is 2.07. The lowest BCUT2D eigenvalue weighted by atomic mass is 10.1. The van der Waals surface area contributed by atoms with Gasteiger partial charge in [0.1, 0.15) is 5.82 Å². The van der Waals surface area contributed by atoms with Crippen molar-refractivity contribution in [2.24, 2.45) is 0 Å². The first-order valence-corrected chi connectivity index (χ1v) is 5.35. The Morgan fingerprint density at radius 2 is 2.29 bits per heavy atom. The number of rotatable bonds is 4. The number of aromatic amines is 1. The minimum Gasteiger partial charge on any atom is -0.481 e. The number of hydrogen-bond acceptors (Lipinski definition) is 3. The van der Waals surface area contributed by atoms with Crippen LogP contribution in [0.2, 0.25) is 0 Å². The largest absolute Gasteiger partial charge is 0.481 e. The molecule has 0 aliphatic heterocycles. The highest BCUT2D eigenvalue weighted by atomic mass is 16.4. The van der Waals surface area contributed by atoms with Crippen LogP contribution >= 0.6 is 0 Å². The van der Waals surface area contributed by atoms with E-state index in [0.29, 0.717) is 18.1 Å². The van der Waals surface area contributed by atoms with Crippen LogP contribution in [0, 0.1) is 6.92 Å². The van der Waals surface area contributed by atoms with Gasteiger partial charge in [0.2, 0.25) is 0 Å². The molecule has 88 valence electrons. The first kappa shape index (κ1) is 11.3. The number of carboxylic acids is 1. The molecule has 1 aromatic heterocycles. The summed E-state index contributed by atoms with van der Waals surface area (Å²) in [7, 11) is 0. The van der Waals surface area contributed by atoms with E-state index in [1.165, 1.54) is 0 Å². The van der Waals surface area contributed by atoms with Crippen molar-refractivity contribution in [3.8, 4) is 11.4 Å². The summed E-state index contributed by atoms with van der Waals surface area (Å²) in [6.45, 7) is 2.00. The van der Waals surface area contributed by atoms with E-state index in [4.69, 9.17) is 5.11 Å². The molecule has 0 unspecified atom stereocenters. The van der Waals surface area contributed by atoms with Crippen molar-refractivity contribution < 1.29 is 9.90 Å². The third-order valence-corrected chi connectivity index (χ3v) is 2.38. The first-order valence-electron chi connectivity index (χ1n) is 5.35. The fraction of sp³-hybridized carbons (Fsp3) is 0.250. The number of carbonyl (C=O) groups is 1. The number of nitrogens with one attached hydrogen (secondary N) is 1. The molecule has 2 rings (SSSR count). The van der Waals surface area contributed by atoms with Gasteiger partial charge in [-0.2, -0.15) is 5.10 Å². The van der Waals surface area contributed by atoms with Gasteiger partial charge in [-0.25, -0.2) is 4.98 Å². The molecule has 17 heavy (non-hydrogen) atoms. The van der Waals surface area contributed by atoms with Gasteiger partial charge in [0.25, 0.3) is 0 Å². The number of aliphatic carboxylic acids is 1. The molecular weight excluding hydrogens is 218 g/mol. The Balaban J connectivity index is 2.15. The zero-order valence-corrected chi connectivity index (χ0v) is 9.47. The first-order chi connectivity index (χ1) is 8.15. The highest BCUT2D eigenvalue weighted by molar-refractivity contribution is 5.66. The molecule has 0 atom stereocenters. The molecule has 0 amide bonds. The average Bonchev–Trinajstić information content (AvgIpc) is 2.75. The van der Waals surface area contributed by atoms with Crippen molar-refractivity contribution in [2.45, 2.75) is 19.8 Å². The van der Waals surface area contributed by atoms with E-state index in [2.05, 4.69) is 15.2 Å². The number of benzene rings is 1. The molecule has 0 radical (unpaired) electrons. The van der Waals surface area contributed by atoms with Crippen LogP contribution in [0.25, 0.3) is 11.4 Å². The number of hydrogen-bond donors (Lipinski definition) is 2. The highest BCUT2D eigenvalue weighted by Crippen LogP contribution is 2.16. The van der Waals surface area contributed by atoms with Crippen LogP contribution in [0.1, 0.15) is 17.8 Å². The lowest BCUT2D eigenvalue weighted by Crippen LogP contribution is -1.98. The molecule has 1 heterocycles. The van der Waals surface area contributed by atoms with Gasteiger partial charge in [-0.05, 0) is 13.0 Å². The van der Waals surface area contributed by atoms with Crippen molar-refractivity contribution in [1.82, 2.24) is 15.2 Å². The summed E-state index contributed by atoms with van der Waals surface area (Å²) in [4.78, 5) is 14.7. The summed E-state index contributed by atoms with van der Waals surface area (Å²) in [5.41, 5.74) is 2.07. The van der Waals surface area contributed by atoms with Crippen molar-refractivity contribution in [2.75, 3.05) is 0 Å². The zero-order chi connectivity index (χ0) is 12.3. The normalized spacial score (nSPS) is 10.4. The van der Waals surface area contributed by atoms with Crippen LogP contribution in [0.4, 0.5) is 0 Å². The van der Waals surface area contributed by atoms with Crippen LogP contribution in [0.15, 0.2) is 24.3 Å². The summed E-state index contributed by atoms with van der Waals surface area (Å²) in [6.07, 6.45) is 0.427. The van der Waals surface area contributed by atoms with Crippen molar-refractivity contribution in [3.05, 3.63) is 35.7 Å². The second-order valence-corrected chi connectivity index (χ2v) is 3.87. The number of carboxylic acid groups (broad SMARTS) is 1. The van der Waals surface area contributed by atoms with E-state index in [1.807, 2.05) is 31.2 Å². The third-order valence-electron chi connectivity index (χ3n) is 2.38. The molecule has 0 aliphatic rings. The molecule has 0 bridgehead atoms. The predicted molar refractivity (Wildman–Crippen MR) is 62.5 cm³/mol. The molecule has 5 nitrogen and oxygen atoms in total. The van der Waals surface area contributed by atoms with E-state index in [1.54, 1.807) is 0 Å². The van der Waals surface area contributed by atoms with Crippen LogP contribution in [0.3, 0.4) is 0 Å². The lowest BCUT2D eigenvalue weighted by molar-refractivity contribution is -0.137. The summed E-state index contributed by atoms with van der Waals surface area (Å²) in [5, 5.41) is 15.4. The molecule has 2 aromatic rings. The maximum atomic E-state index is 10.4. The number of aromatic nitrogens is 3. The summed E-state index contributed by atoms with van der Waals surface area (Å²) in [6, 6.07) is 7.86. The van der Waals surface area contributed by atoms with Crippen molar-refractivity contribution in [1.29, 1.82) is 0 Å². The van der Waals surface area contributed by atoms with Gasteiger partial charge < -0.3 is 5.11 Å². The lowest BCUT2D eigenvalue weighted by Gasteiger charge is -1.96. The van der Waals surface area contributed by atoms with Crippen LogP contribution < -0.4 is 0 Å². The number of nitrogens with zero attached hydrogens (tertiary/aromatic N) is 2. The van der Waals surface area contributed by atoms with Gasteiger partial charge in [-0.3, -0.25) is 9.89 Å². The van der Waals surface area contributed by atoms with Gasteiger partial charge >= 0.3 is 5.97 Å². The van der Waals surface area contributed by atoms with E-state index in [0.717, 1.165) is 11.1 Å². The molecule has 0 fully saturated rings. The van der Waals surface area contributed by atoms with E-state index in [-0.39, 0.29) is 6.42 Å². The second kappa shape index (κ2) is 4.78. The fourth-order valence-corrected chi connectivity index (χ4v) is 1.55. The van der Waals surface area contributed by atoms with Crippen LogP contribution in [-0.2, 0) is 11.2 Å². The molecule has 5 heteroatoms. The fourth-order valence-electron chi connectivity index (χ4n) is 1.55. The smallest absolute Gasteiger partial charge is 0.303 e. The third kappa shape index (κ3) is 2.90. The minimum atomic E-state index is -0.835. The Morgan fingerprint density at radius 3 is 3.00 bits per heavy atom. The van der Waals surface area contributed by atoms with Gasteiger partial charge in [0.15, 0.2) is 5.82 Å². The second-order valence-electron chi connectivity index (χ2n) is 3.87. The molecular formula is C12H13N3O2. The summed E-state index contributed by atoms with van der Waals surface area (Å²) in [5.74, 6) is 0.372. The molecule has 2 N–H and O–H groups in total. The molecule has 0 spiro atoms. The van der Waals surface area contributed by atoms with Gasteiger partial charge in [-0.1, -0.05) is 23.8 Å². The standard InChI is InChI=1S/C12H13N3O2/c1-8-3-2-4-9(7-8)12-13-10(14-15-12)5-6-11(16)17/h2-4,7H,5-6H2,1H3,(H,16,17)(H,13,14,15). The predicted octanol–water partition coefficient (Wildman–Crippen LogP) is 1.80. The Labute approximate surface area is 98.5 Å². The van der Waals surface area contributed by atoms with E-state index in [9.17, 15) is 4.79 Å². The molecule has 0 saturated heterocycles. The van der Waals surface area contributed by atoms with E-state index >= 15 is 0 Å². The van der Waals surface area contributed by atoms with Gasteiger partial charge in [0.05, 0.1) is 6.42 Å². The molecule has 0 aliphatic carbocycles. The Morgan fingerprint density at radius 1 is 1.47 bits per heavy atom. The topological polar surface area (TPSA) is 78.9 Å². The van der Waals surface area contributed by atoms with Gasteiger partial charge in [-0.15, -0.1) is 0 Å². The minimum absolute atomic E-state index is 0.0580. The van der Waals surface area contributed by atoms with Crippen LogP contribution in [0.5, 0.6) is 0 Å². The Kier molecular flexibility index (Phi) is 3.18. The maximum Gasteiger partial charge on any atom is 0.303 e. The van der Waals surface area contributed by atoms with Gasteiger partial charge in [0, 0.05) is 12.0 Å².